The summed E-state index contributed by atoms with van der Waals surface area (Å²) in [4.78, 5) is 13.7. The van der Waals surface area contributed by atoms with Crippen LogP contribution in [0.15, 0.2) is 12.7 Å². The summed E-state index contributed by atoms with van der Waals surface area (Å²) in [5, 5.41) is 0. The van der Waals surface area contributed by atoms with Crippen LogP contribution in [0.1, 0.15) is 32.6 Å². The predicted octanol–water partition coefficient (Wildman–Crippen LogP) is 1.54. The Balaban J connectivity index is 2.39. The minimum atomic E-state index is -0.386. The van der Waals surface area contributed by atoms with Gasteiger partial charge in [-0.2, -0.15) is 0 Å². The monoisotopic (exact) mass is 210 g/mol. The molecule has 0 bridgehead atoms. The summed E-state index contributed by atoms with van der Waals surface area (Å²) < 4.78 is 0. The second-order valence-electron chi connectivity index (χ2n) is 4.36. The number of nitrogens with zero attached hydrogens (tertiary/aromatic N) is 1. The molecule has 3 nitrogen and oxygen atoms in total. The Bertz CT molecular complexity index is 228. The second kappa shape index (κ2) is 5.91. The molecule has 2 N–H and O–H groups in total. The van der Waals surface area contributed by atoms with Gasteiger partial charge in [0.25, 0.3) is 0 Å². The first-order valence-corrected chi connectivity index (χ1v) is 5.84. The van der Waals surface area contributed by atoms with Crippen LogP contribution < -0.4 is 5.73 Å². The Labute approximate surface area is 92.3 Å². The minimum Gasteiger partial charge on any atom is -0.341 e. The maximum atomic E-state index is 11.8. The molecular weight excluding hydrogens is 188 g/mol. The zero-order valence-corrected chi connectivity index (χ0v) is 9.61. The average Bonchev–Trinajstić information content (AvgIpc) is 2.66. The van der Waals surface area contributed by atoms with Crippen LogP contribution in [0.3, 0.4) is 0 Å². The van der Waals surface area contributed by atoms with Crippen LogP contribution in [0.5, 0.6) is 0 Å². The Morgan fingerprint density at radius 2 is 2.47 bits per heavy atom. The number of rotatable bonds is 5. The van der Waals surface area contributed by atoms with Crippen molar-refractivity contribution < 1.29 is 4.79 Å². The highest BCUT2D eigenvalue weighted by Crippen LogP contribution is 2.21. The molecule has 1 fully saturated rings. The highest BCUT2D eigenvalue weighted by atomic mass is 16.2. The van der Waals surface area contributed by atoms with Crippen molar-refractivity contribution in [3.05, 3.63) is 12.7 Å². The molecule has 1 heterocycles. The van der Waals surface area contributed by atoms with Crippen molar-refractivity contribution in [3.8, 4) is 0 Å². The van der Waals surface area contributed by atoms with Gasteiger partial charge >= 0.3 is 0 Å². The average molecular weight is 210 g/mol. The van der Waals surface area contributed by atoms with Crippen molar-refractivity contribution in [1.29, 1.82) is 0 Å². The molecule has 1 amide bonds. The van der Waals surface area contributed by atoms with Gasteiger partial charge in [-0.25, -0.2) is 0 Å². The van der Waals surface area contributed by atoms with Crippen LogP contribution >= 0.6 is 0 Å². The van der Waals surface area contributed by atoms with Crippen LogP contribution in [0.4, 0.5) is 0 Å². The van der Waals surface area contributed by atoms with Gasteiger partial charge in [0.1, 0.15) is 0 Å². The molecule has 1 aliphatic rings. The van der Waals surface area contributed by atoms with Gasteiger partial charge in [0, 0.05) is 13.1 Å². The predicted molar refractivity (Wildman–Crippen MR) is 62.4 cm³/mol. The molecule has 0 aliphatic carbocycles. The molecule has 1 saturated heterocycles. The van der Waals surface area contributed by atoms with Crippen molar-refractivity contribution in [2.75, 3.05) is 13.1 Å². The van der Waals surface area contributed by atoms with Gasteiger partial charge in [-0.3, -0.25) is 4.79 Å². The molecule has 0 aromatic carbocycles. The highest BCUT2D eigenvalue weighted by Gasteiger charge is 2.27. The fourth-order valence-electron chi connectivity index (χ4n) is 2.19. The first kappa shape index (κ1) is 12.2. The molecule has 1 aliphatic heterocycles. The molecule has 0 spiro atoms. The zero-order chi connectivity index (χ0) is 11.3. The molecular formula is C12H22N2O. The van der Waals surface area contributed by atoms with Gasteiger partial charge in [0.2, 0.25) is 5.91 Å². The third-order valence-corrected chi connectivity index (χ3v) is 3.03. The fourth-order valence-corrected chi connectivity index (χ4v) is 2.19. The van der Waals surface area contributed by atoms with Gasteiger partial charge in [-0.1, -0.05) is 19.4 Å². The van der Waals surface area contributed by atoms with Crippen LogP contribution in [-0.2, 0) is 4.79 Å². The Kier molecular flexibility index (Phi) is 4.82. The van der Waals surface area contributed by atoms with Crippen LogP contribution in [0, 0.1) is 5.92 Å². The van der Waals surface area contributed by atoms with E-state index in [1.807, 2.05) is 4.90 Å². The number of likely N-dealkylation sites (tertiary alicyclic amines) is 1. The van der Waals surface area contributed by atoms with Crippen molar-refractivity contribution in [1.82, 2.24) is 4.90 Å². The van der Waals surface area contributed by atoms with E-state index in [4.69, 9.17) is 5.73 Å². The summed E-state index contributed by atoms with van der Waals surface area (Å²) in [6.07, 6.45) is 5.85. The lowest BCUT2D eigenvalue weighted by Gasteiger charge is -2.20. The first-order chi connectivity index (χ1) is 7.19. The maximum absolute atomic E-state index is 11.8. The van der Waals surface area contributed by atoms with E-state index >= 15 is 0 Å². The summed E-state index contributed by atoms with van der Waals surface area (Å²) in [5.41, 5.74) is 5.76. The maximum Gasteiger partial charge on any atom is 0.239 e. The largest absolute Gasteiger partial charge is 0.341 e. The van der Waals surface area contributed by atoms with Gasteiger partial charge in [-0.05, 0) is 25.2 Å². The molecule has 2 atom stereocenters. The number of amides is 1. The molecule has 15 heavy (non-hydrogen) atoms. The molecule has 2 unspecified atom stereocenters. The SMILES string of the molecule is C=CCC(N)C(=O)N1CCC(CCC)C1. The smallest absolute Gasteiger partial charge is 0.239 e. The Hall–Kier alpha value is -0.830. The molecule has 1 rings (SSSR count). The van der Waals surface area contributed by atoms with Gasteiger partial charge in [0.05, 0.1) is 6.04 Å². The number of carbonyl (C=O) groups excluding carboxylic acids is 1. The van der Waals surface area contributed by atoms with Crippen molar-refractivity contribution in [2.45, 2.75) is 38.6 Å². The molecule has 86 valence electrons. The van der Waals surface area contributed by atoms with Crippen LogP contribution in [0.2, 0.25) is 0 Å². The minimum absolute atomic E-state index is 0.0912. The Morgan fingerprint density at radius 3 is 3.07 bits per heavy atom. The third kappa shape index (κ3) is 3.34. The van der Waals surface area contributed by atoms with Crippen molar-refractivity contribution >= 4 is 5.91 Å². The number of hydrogen-bond donors (Lipinski definition) is 1. The molecule has 0 aromatic rings. The zero-order valence-electron chi connectivity index (χ0n) is 9.61. The van der Waals surface area contributed by atoms with Crippen molar-refractivity contribution in [3.63, 3.8) is 0 Å². The summed E-state index contributed by atoms with van der Waals surface area (Å²) in [6.45, 7) is 7.58. The summed E-state index contributed by atoms with van der Waals surface area (Å²) in [6, 6.07) is -0.386. The first-order valence-electron chi connectivity index (χ1n) is 5.84. The molecule has 0 aromatic heterocycles. The second-order valence-corrected chi connectivity index (χ2v) is 4.36. The summed E-state index contributed by atoms with van der Waals surface area (Å²) >= 11 is 0. The number of carbonyl (C=O) groups is 1. The van der Waals surface area contributed by atoms with E-state index in [0.29, 0.717) is 12.3 Å². The summed E-state index contributed by atoms with van der Waals surface area (Å²) in [7, 11) is 0. The molecule has 3 heteroatoms. The lowest BCUT2D eigenvalue weighted by Crippen LogP contribution is -2.42. The lowest BCUT2D eigenvalue weighted by molar-refractivity contribution is -0.131. The van der Waals surface area contributed by atoms with Gasteiger partial charge < -0.3 is 10.6 Å². The fraction of sp³-hybridized carbons (Fsp3) is 0.750. The Morgan fingerprint density at radius 1 is 1.73 bits per heavy atom. The standard InChI is InChI=1S/C12H22N2O/c1-3-5-10-7-8-14(9-10)12(15)11(13)6-4-2/h4,10-11H,2-3,5-9,13H2,1H3. The van der Waals surface area contributed by atoms with E-state index in [1.165, 1.54) is 12.8 Å². The van der Waals surface area contributed by atoms with E-state index in [-0.39, 0.29) is 11.9 Å². The van der Waals surface area contributed by atoms with Crippen molar-refractivity contribution in [2.24, 2.45) is 11.7 Å². The van der Waals surface area contributed by atoms with E-state index in [1.54, 1.807) is 6.08 Å². The van der Waals surface area contributed by atoms with E-state index < -0.39 is 0 Å². The van der Waals surface area contributed by atoms with Crippen LogP contribution in [0.25, 0.3) is 0 Å². The highest BCUT2D eigenvalue weighted by molar-refractivity contribution is 5.82. The number of hydrogen-bond acceptors (Lipinski definition) is 2. The molecule has 0 saturated carbocycles. The topological polar surface area (TPSA) is 46.3 Å². The summed E-state index contributed by atoms with van der Waals surface area (Å²) in [5.74, 6) is 0.781. The van der Waals surface area contributed by atoms with E-state index in [0.717, 1.165) is 19.5 Å². The normalized spacial score (nSPS) is 22.8. The van der Waals surface area contributed by atoms with E-state index in [2.05, 4.69) is 13.5 Å². The third-order valence-electron chi connectivity index (χ3n) is 3.03. The van der Waals surface area contributed by atoms with Gasteiger partial charge in [-0.15, -0.1) is 6.58 Å². The lowest BCUT2D eigenvalue weighted by atomic mass is 10.0. The van der Waals surface area contributed by atoms with Crippen LogP contribution in [-0.4, -0.2) is 29.9 Å². The van der Waals surface area contributed by atoms with E-state index in [9.17, 15) is 4.79 Å². The number of nitrogens with two attached hydrogens (primary N) is 1. The quantitative estimate of drug-likeness (QED) is 0.700. The molecule has 0 radical (unpaired) electrons. The van der Waals surface area contributed by atoms with Gasteiger partial charge in [0.15, 0.2) is 0 Å².